The first-order chi connectivity index (χ1) is 9.70. The highest BCUT2D eigenvalue weighted by atomic mass is 79.9. The van der Waals surface area contributed by atoms with Crippen LogP contribution in [-0.4, -0.2) is 20.3 Å². The second-order valence-corrected chi connectivity index (χ2v) is 4.91. The zero-order chi connectivity index (χ0) is 14.4. The highest BCUT2D eigenvalue weighted by molar-refractivity contribution is 9.10. The Morgan fingerprint density at radius 3 is 2.75 bits per heavy atom. The third kappa shape index (κ3) is 3.87. The topological polar surface area (TPSA) is 30.5 Å². The van der Waals surface area contributed by atoms with Crippen LogP contribution in [0, 0.1) is 5.82 Å². The molecule has 20 heavy (non-hydrogen) atoms. The number of anilines is 1. The van der Waals surface area contributed by atoms with Gasteiger partial charge in [-0.1, -0.05) is 12.1 Å². The predicted molar refractivity (Wildman–Crippen MR) is 81.1 cm³/mol. The van der Waals surface area contributed by atoms with Gasteiger partial charge in [0.2, 0.25) is 0 Å². The Hall–Kier alpha value is -1.75. The van der Waals surface area contributed by atoms with Crippen LogP contribution in [0.15, 0.2) is 46.9 Å². The van der Waals surface area contributed by atoms with Crippen molar-refractivity contribution in [3.05, 3.63) is 52.8 Å². The number of hydrogen-bond donors (Lipinski definition) is 1. The Morgan fingerprint density at radius 1 is 1.20 bits per heavy atom. The Balaban J connectivity index is 1.87. The number of halogens is 2. The van der Waals surface area contributed by atoms with Gasteiger partial charge in [0.25, 0.3) is 0 Å². The Labute approximate surface area is 125 Å². The smallest absolute Gasteiger partial charge is 0.175 e. The molecule has 2 aromatic carbocycles. The molecule has 0 radical (unpaired) electrons. The molecule has 0 atom stereocenters. The fraction of sp³-hybridized carbons (Fsp3) is 0.200. The average Bonchev–Trinajstić information content (AvgIpc) is 2.45. The molecule has 0 aliphatic rings. The van der Waals surface area contributed by atoms with Gasteiger partial charge in [0.05, 0.1) is 11.6 Å². The summed E-state index contributed by atoms with van der Waals surface area (Å²) in [5, 5.41) is 3.09. The van der Waals surface area contributed by atoms with Gasteiger partial charge in [-0.05, 0) is 46.3 Å². The molecular weight excluding hydrogens is 325 g/mol. The number of hydrogen-bond acceptors (Lipinski definition) is 3. The van der Waals surface area contributed by atoms with Gasteiger partial charge in [-0.15, -0.1) is 0 Å². The second-order valence-electron chi connectivity index (χ2n) is 4.06. The van der Waals surface area contributed by atoms with Crippen molar-refractivity contribution in [1.29, 1.82) is 0 Å². The van der Waals surface area contributed by atoms with E-state index in [1.54, 1.807) is 13.2 Å². The molecule has 0 spiro atoms. The fourth-order valence-electron chi connectivity index (χ4n) is 1.74. The summed E-state index contributed by atoms with van der Waals surface area (Å²) in [4.78, 5) is 0. The Morgan fingerprint density at radius 2 is 2.00 bits per heavy atom. The monoisotopic (exact) mass is 339 g/mol. The summed E-state index contributed by atoms with van der Waals surface area (Å²) in [7, 11) is 1.60. The molecule has 5 heteroatoms. The minimum absolute atomic E-state index is 0.261. The Kier molecular flexibility index (Phi) is 5.24. The van der Waals surface area contributed by atoms with Crippen LogP contribution in [0.5, 0.6) is 11.5 Å². The largest absolute Gasteiger partial charge is 0.493 e. The highest BCUT2D eigenvalue weighted by Crippen LogP contribution is 2.34. The molecular formula is C15H15BrFNO2. The van der Waals surface area contributed by atoms with E-state index in [9.17, 15) is 4.39 Å². The van der Waals surface area contributed by atoms with Crippen LogP contribution in [0.3, 0.4) is 0 Å². The normalized spacial score (nSPS) is 10.2. The van der Waals surface area contributed by atoms with Crippen molar-refractivity contribution in [2.75, 3.05) is 25.6 Å². The van der Waals surface area contributed by atoms with Gasteiger partial charge in [-0.3, -0.25) is 0 Å². The van der Waals surface area contributed by atoms with Crippen molar-refractivity contribution in [2.24, 2.45) is 0 Å². The molecule has 0 unspecified atom stereocenters. The van der Waals surface area contributed by atoms with Gasteiger partial charge < -0.3 is 14.8 Å². The van der Waals surface area contributed by atoms with Gasteiger partial charge in [0.15, 0.2) is 11.5 Å². The number of para-hydroxylation sites is 1. The predicted octanol–water partition coefficient (Wildman–Crippen LogP) is 4.09. The average molecular weight is 340 g/mol. The van der Waals surface area contributed by atoms with Crippen LogP contribution in [0.4, 0.5) is 10.1 Å². The van der Waals surface area contributed by atoms with E-state index in [1.165, 1.54) is 12.1 Å². The lowest BCUT2D eigenvalue weighted by Crippen LogP contribution is -2.12. The molecule has 0 bridgehead atoms. The fourth-order valence-corrected chi connectivity index (χ4v) is 2.20. The third-order valence-corrected chi connectivity index (χ3v) is 3.28. The van der Waals surface area contributed by atoms with Gasteiger partial charge in [0.1, 0.15) is 12.4 Å². The molecule has 0 saturated carbocycles. The molecule has 0 saturated heterocycles. The van der Waals surface area contributed by atoms with Crippen LogP contribution in [0.25, 0.3) is 0 Å². The van der Waals surface area contributed by atoms with Gasteiger partial charge in [-0.25, -0.2) is 4.39 Å². The summed E-state index contributed by atoms with van der Waals surface area (Å²) in [6.07, 6.45) is 0. The molecule has 0 aromatic heterocycles. The first kappa shape index (κ1) is 14.7. The standard InChI is InChI=1S/C15H15BrFNO2/c1-19-14-7-3-6-13(16)15(14)20-9-8-18-12-5-2-4-11(17)10-12/h2-7,10,18H,8-9H2,1H3. The molecule has 0 heterocycles. The van der Waals surface area contributed by atoms with E-state index >= 15 is 0 Å². The number of rotatable bonds is 6. The number of methoxy groups -OCH3 is 1. The van der Waals surface area contributed by atoms with E-state index in [0.717, 1.165) is 10.2 Å². The molecule has 0 aliphatic carbocycles. The highest BCUT2D eigenvalue weighted by Gasteiger charge is 2.07. The van der Waals surface area contributed by atoms with Crippen LogP contribution < -0.4 is 14.8 Å². The maximum absolute atomic E-state index is 13.0. The summed E-state index contributed by atoms with van der Waals surface area (Å²) in [6.45, 7) is 1.00. The van der Waals surface area contributed by atoms with E-state index in [2.05, 4.69) is 21.2 Å². The van der Waals surface area contributed by atoms with Gasteiger partial charge >= 0.3 is 0 Å². The number of benzene rings is 2. The molecule has 106 valence electrons. The van der Waals surface area contributed by atoms with Gasteiger partial charge in [-0.2, -0.15) is 0 Å². The van der Waals surface area contributed by atoms with E-state index in [-0.39, 0.29) is 5.82 Å². The zero-order valence-corrected chi connectivity index (χ0v) is 12.6. The number of nitrogens with one attached hydrogen (secondary N) is 1. The maximum atomic E-state index is 13.0. The summed E-state index contributed by atoms with van der Waals surface area (Å²) < 4.78 is 24.7. The summed E-state index contributed by atoms with van der Waals surface area (Å²) in [6, 6.07) is 11.9. The van der Waals surface area contributed by atoms with Crippen LogP contribution in [-0.2, 0) is 0 Å². The van der Waals surface area contributed by atoms with E-state index in [0.29, 0.717) is 24.7 Å². The maximum Gasteiger partial charge on any atom is 0.175 e. The van der Waals surface area contributed by atoms with Crippen LogP contribution in [0.1, 0.15) is 0 Å². The molecule has 3 nitrogen and oxygen atoms in total. The van der Waals surface area contributed by atoms with Crippen molar-refractivity contribution >= 4 is 21.6 Å². The van der Waals surface area contributed by atoms with E-state index in [4.69, 9.17) is 9.47 Å². The minimum Gasteiger partial charge on any atom is -0.493 e. The molecule has 2 rings (SSSR count). The molecule has 1 N–H and O–H groups in total. The quantitative estimate of drug-likeness (QED) is 0.804. The molecule has 0 aliphatic heterocycles. The first-order valence-electron chi connectivity index (χ1n) is 6.15. The van der Waals surface area contributed by atoms with Crippen molar-refractivity contribution in [3.63, 3.8) is 0 Å². The summed E-state index contributed by atoms with van der Waals surface area (Å²) >= 11 is 3.42. The van der Waals surface area contributed by atoms with Crippen molar-refractivity contribution in [2.45, 2.75) is 0 Å². The lowest BCUT2D eigenvalue weighted by atomic mass is 10.3. The molecule has 0 amide bonds. The van der Waals surface area contributed by atoms with Gasteiger partial charge in [0, 0.05) is 12.2 Å². The van der Waals surface area contributed by atoms with Crippen molar-refractivity contribution in [3.8, 4) is 11.5 Å². The summed E-state index contributed by atoms with van der Waals surface area (Å²) in [5.74, 6) is 1.07. The van der Waals surface area contributed by atoms with Crippen molar-refractivity contribution < 1.29 is 13.9 Å². The van der Waals surface area contributed by atoms with Crippen molar-refractivity contribution in [1.82, 2.24) is 0 Å². The van der Waals surface area contributed by atoms with Crippen LogP contribution in [0.2, 0.25) is 0 Å². The molecule has 0 fully saturated rings. The minimum atomic E-state index is -0.261. The lowest BCUT2D eigenvalue weighted by Gasteiger charge is -2.13. The lowest BCUT2D eigenvalue weighted by molar-refractivity contribution is 0.304. The second kappa shape index (κ2) is 7.14. The first-order valence-corrected chi connectivity index (χ1v) is 6.95. The van der Waals surface area contributed by atoms with E-state index < -0.39 is 0 Å². The summed E-state index contributed by atoms with van der Waals surface area (Å²) in [5.41, 5.74) is 0.729. The Bertz CT molecular complexity index is 578. The molecule has 2 aromatic rings. The third-order valence-electron chi connectivity index (χ3n) is 2.65. The van der Waals surface area contributed by atoms with E-state index in [1.807, 2.05) is 24.3 Å². The zero-order valence-electron chi connectivity index (χ0n) is 11.0. The SMILES string of the molecule is COc1cccc(Br)c1OCCNc1cccc(F)c1. The van der Waals surface area contributed by atoms with Crippen LogP contribution >= 0.6 is 15.9 Å². The number of ether oxygens (including phenoxy) is 2.